The molecule has 1 rings (SSSR count). The first-order valence-corrected chi connectivity index (χ1v) is 5.53. The van der Waals surface area contributed by atoms with Gasteiger partial charge in [0.1, 0.15) is 0 Å². The van der Waals surface area contributed by atoms with Gasteiger partial charge in [-0.05, 0) is 26.6 Å². The molecular weight excluding hydrogens is 156 g/mol. The molecule has 0 unspecified atom stereocenters. The van der Waals surface area contributed by atoms with Crippen molar-refractivity contribution in [3.8, 4) is 0 Å². The van der Waals surface area contributed by atoms with Crippen molar-refractivity contribution in [3.63, 3.8) is 0 Å². The molecule has 1 fully saturated rings. The zero-order valence-corrected chi connectivity index (χ0v) is 8.12. The van der Waals surface area contributed by atoms with E-state index in [2.05, 4.69) is 22.0 Å². The van der Waals surface area contributed by atoms with Crippen LogP contribution in [-0.4, -0.2) is 49.6 Å². The van der Waals surface area contributed by atoms with Gasteiger partial charge in [-0.15, -0.1) is 0 Å². The molecule has 0 aromatic rings. The Balaban J connectivity index is 1.96. The first-order chi connectivity index (χ1) is 5.43. The van der Waals surface area contributed by atoms with Gasteiger partial charge < -0.3 is 10.2 Å². The van der Waals surface area contributed by atoms with Crippen LogP contribution in [0.15, 0.2) is 0 Å². The minimum Gasteiger partial charge on any atom is -0.320 e. The first kappa shape index (κ1) is 9.36. The Labute approximate surface area is 73.7 Å². The summed E-state index contributed by atoms with van der Waals surface area (Å²) in [7, 11) is 2.02. The molecule has 1 heterocycles. The number of thioether (sulfide) groups is 1. The van der Waals surface area contributed by atoms with Crippen LogP contribution in [0.4, 0.5) is 0 Å². The molecule has 3 heteroatoms. The Bertz CT molecular complexity index is 92.1. The molecule has 1 aliphatic heterocycles. The second-order valence-corrected chi connectivity index (χ2v) is 4.14. The minimum atomic E-state index is 1.16. The van der Waals surface area contributed by atoms with Crippen molar-refractivity contribution in [1.82, 2.24) is 10.2 Å². The van der Waals surface area contributed by atoms with Gasteiger partial charge in [-0.1, -0.05) is 0 Å². The van der Waals surface area contributed by atoms with E-state index >= 15 is 0 Å². The lowest BCUT2D eigenvalue weighted by Crippen LogP contribution is -2.34. The van der Waals surface area contributed by atoms with Crippen molar-refractivity contribution in [2.24, 2.45) is 0 Å². The van der Waals surface area contributed by atoms with Crippen molar-refractivity contribution >= 4 is 11.8 Å². The number of nitrogens with one attached hydrogen (secondary N) is 1. The molecule has 66 valence electrons. The molecule has 2 nitrogen and oxygen atoms in total. The second-order valence-electron chi connectivity index (χ2n) is 2.91. The van der Waals surface area contributed by atoms with Crippen molar-refractivity contribution in [1.29, 1.82) is 0 Å². The normalized spacial score (nSPS) is 20.5. The molecule has 0 atom stereocenters. The summed E-state index contributed by atoms with van der Waals surface area (Å²) in [6, 6.07) is 0. The summed E-state index contributed by atoms with van der Waals surface area (Å²) in [5.41, 5.74) is 0. The van der Waals surface area contributed by atoms with Gasteiger partial charge in [0.25, 0.3) is 0 Å². The number of hydrogen-bond acceptors (Lipinski definition) is 3. The van der Waals surface area contributed by atoms with Crippen LogP contribution in [0.2, 0.25) is 0 Å². The summed E-state index contributed by atoms with van der Waals surface area (Å²) in [5, 5.41) is 3.18. The van der Waals surface area contributed by atoms with Gasteiger partial charge in [-0.3, -0.25) is 0 Å². The summed E-state index contributed by atoms with van der Waals surface area (Å²) >= 11 is 2.08. The maximum Gasteiger partial charge on any atom is 0.00727 e. The van der Waals surface area contributed by atoms with Crippen LogP contribution < -0.4 is 5.32 Å². The summed E-state index contributed by atoms with van der Waals surface area (Å²) in [4.78, 5) is 2.56. The summed E-state index contributed by atoms with van der Waals surface area (Å²) in [5.74, 6) is 2.67. The van der Waals surface area contributed by atoms with Crippen LogP contribution in [0.25, 0.3) is 0 Å². The number of hydrogen-bond donors (Lipinski definition) is 1. The van der Waals surface area contributed by atoms with E-state index in [0.717, 1.165) is 6.54 Å². The zero-order chi connectivity index (χ0) is 7.94. The smallest absolute Gasteiger partial charge is 0.00727 e. The Hall–Kier alpha value is 0.270. The summed E-state index contributed by atoms with van der Waals surface area (Å²) < 4.78 is 0. The molecule has 0 aliphatic carbocycles. The predicted octanol–water partition coefficient (Wildman–Crippen LogP) is 0.645. The minimum absolute atomic E-state index is 1.16. The van der Waals surface area contributed by atoms with Crippen LogP contribution >= 0.6 is 11.8 Å². The molecule has 11 heavy (non-hydrogen) atoms. The van der Waals surface area contributed by atoms with Crippen molar-refractivity contribution in [2.75, 3.05) is 44.7 Å². The zero-order valence-electron chi connectivity index (χ0n) is 7.31. The van der Waals surface area contributed by atoms with Gasteiger partial charge in [-0.2, -0.15) is 11.8 Å². The van der Waals surface area contributed by atoms with E-state index < -0.39 is 0 Å². The average Bonchev–Trinajstić information content (AvgIpc) is 2.07. The van der Waals surface area contributed by atoms with Crippen LogP contribution in [0.1, 0.15) is 6.42 Å². The molecule has 0 aromatic heterocycles. The van der Waals surface area contributed by atoms with Crippen LogP contribution in [-0.2, 0) is 0 Å². The lowest BCUT2D eigenvalue weighted by molar-refractivity contribution is 0.298. The fourth-order valence-electron chi connectivity index (χ4n) is 1.30. The van der Waals surface area contributed by atoms with Gasteiger partial charge in [0.05, 0.1) is 0 Å². The highest BCUT2D eigenvalue weighted by Gasteiger charge is 2.08. The number of nitrogens with zero attached hydrogens (tertiary/aromatic N) is 1. The van der Waals surface area contributed by atoms with E-state index in [4.69, 9.17) is 0 Å². The highest BCUT2D eigenvalue weighted by Crippen LogP contribution is 2.08. The van der Waals surface area contributed by atoms with E-state index in [1.807, 2.05) is 7.05 Å². The molecular formula is C8H18N2S. The van der Waals surface area contributed by atoms with Crippen LogP contribution in [0.5, 0.6) is 0 Å². The topological polar surface area (TPSA) is 15.3 Å². The maximum atomic E-state index is 3.18. The van der Waals surface area contributed by atoms with E-state index in [-0.39, 0.29) is 0 Å². The van der Waals surface area contributed by atoms with E-state index in [0.29, 0.717) is 0 Å². The molecule has 0 bridgehead atoms. The summed E-state index contributed by atoms with van der Waals surface area (Å²) in [6.45, 7) is 5.04. The fourth-order valence-corrected chi connectivity index (χ4v) is 2.28. The standard InChI is InChI=1S/C8H18N2S/c1-9-3-2-4-10-5-7-11-8-6-10/h9H,2-8H2,1H3. The molecule has 0 spiro atoms. The monoisotopic (exact) mass is 174 g/mol. The van der Waals surface area contributed by atoms with Gasteiger partial charge in [-0.25, -0.2) is 0 Å². The molecule has 0 saturated carbocycles. The summed E-state index contributed by atoms with van der Waals surface area (Å²) in [6.07, 6.45) is 1.29. The molecule has 1 saturated heterocycles. The van der Waals surface area contributed by atoms with E-state index in [1.54, 1.807) is 0 Å². The highest BCUT2D eigenvalue weighted by molar-refractivity contribution is 7.99. The second kappa shape index (κ2) is 5.86. The molecule has 1 aliphatic rings. The van der Waals surface area contributed by atoms with Crippen LogP contribution in [0, 0.1) is 0 Å². The lowest BCUT2D eigenvalue weighted by atomic mass is 10.3. The van der Waals surface area contributed by atoms with E-state index in [1.165, 1.54) is 37.6 Å². The third-order valence-corrected chi connectivity index (χ3v) is 2.95. The Morgan fingerprint density at radius 3 is 2.73 bits per heavy atom. The Morgan fingerprint density at radius 1 is 1.36 bits per heavy atom. The third-order valence-electron chi connectivity index (χ3n) is 2.00. The van der Waals surface area contributed by atoms with E-state index in [9.17, 15) is 0 Å². The fraction of sp³-hybridized carbons (Fsp3) is 1.00. The lowest BCUT2D eigenvalue weighted by Gasteiger charge is -2.25. The SMILES string of the molecule is CNCCCN1CCSCC1. The van der Waals surface area contributed by atoms with Gasteiger partial charge >= 0.3 is 0 Å². The molecule has 1 N–H and O–H groups in total. The molecule has 0 aromatic carbocycles. The quantitative estimate of drug-likeness (QED) is 0.630. The molecule has 0 radical (unpaired) electrons. The first-order valence-electron chi connectivity index (χ1n) is 4.38. The van der Waals surface area contributed by atoms with Crippen molar-refractivity contribution < 1.29 is 0 Å². The highest BCUT2D eigenvalue weighted by atomic mass is 32.2. The Morgan fingerprint density at radius 2 is 2.09 bits per heavy atom. The predicted molar refractivity (Wildman–Crippen MR) is 52.3 cm³/mol. The van der Waals surface area contributed by atoms with Gasteiger partial charge in [0.2, 0.25) is 0 Å². The van der Waals surface area contributed by atoms with Crippen molar-refractivity contribution in [2.45, 2.75) is 6.42 Å². The van der Waals surface area contributed by atoms with Gasteiger partial charge in [0.15, 0.2) is 0 Å². The number of rotatable bonds is 4. The molecule has 0 amide bonds. The van der Waals surface area contributed by atoms with Crippen molar-refractivity contribution in [3.05, 3.63) is 0 Å². The van der Waals surface area contributed by atoms with Crippen LogP contribution in [0.3, 0.4) is 0 Å². The van der Waals surface area contributed by atoms with Gasteiger partial charge in [0, 0.05) is 24.6 Å². The Kier molecular flexibility index (Phi) is 4.99. The largest absolute Gasteiger partial charge is 0.320 e. The maximum absolute atomic E-state index is 3.18. The average molecular weight is 174 g/mol. The third kappa shape index (κ3) is 3.99.